The van der Waals surface area contributed by atoms with E-state index in [0.717, 1.165) is 5.56 Å². The molecule has 2 N–H and O–H groups in total. The third kappa shape index (κ3) is 3.20. The van der Waals surface area contributed by atoms with Crippen LogP contribution in [0.5, 0.6) is 0 Å². The van der Waals surface area contributed by atoms with Crippen LogP contribution in [-0.4, -0.2) is 4.89 Å². The number of rotatable bonds is 4. The van der Waals surface area contributed by atoms with Crippen LogP contribution < -0.4 is 5.09 Å². The number of hydrogen-bond donors (Lipinski definition) is 2. The first-order chi connectivity index (χ1) is 7.66. The smallest absolute Gasteiger partial charge is 0.295 e. The van der Waals surface area contributed by atoms with Crippen molar-refractivity contribution in [1.82, 2.24) is 0 Å². The molecule has 1 unspecified atom stereocenters. The summed E-state index contributed by atoms with van der Waals surface area (Å²) in [4.78, 5) is 9.79. The van der Waals surface area contributed by atoms with Gasteiger partial charge in [-0.15, -0.1) is 0 Å². The van der Waals surface area contributed by atoms with Gasteiger partial charge in [0.15, 0.2) is 0 Å². The molecule has 5 heteroatoms. The molecular formula is C11H12NO2PS. The van der Waals surface area contributed by atoms with Gasteiger partial charge in [-0.2, -0.15) is 11.3 Å². The molecule has 0 aliphatic heterocycles. The Labute approximate surface area is 98.3 Å². The normalized spacial score (nSPS) is 14.3. The molecule has 0 aliphatic rings. The van der Waals surface area contributed by atoms with Crippen LogP contribution in [0.3, 0.4) is 0 Å². The molecule has 0 amide bonds. The van der Waals surface area contributed by atoms with Crippen LogP contribution in [0.4, 0.5) is 5.69 Å². The summed E-state index contributed by atoms with van der Waals surface area (Å²) in [6.07, 6.45) is 0.158. The first-order valence-electron chi connectivity index (χ1n) is 4.82. The monoisotopic (exact) mass is 253 g/mol. The molecule has 0 saturated heterocycles. The Balaban J connectivity index is 2.06. The molecule has 0 bridgehead atoms. The molecule has 1 aromatic heterocycles. The average Bonchev–Trinajstić information content (AvgIpc) is 2.70. The van der Waals surface area contributed by atoms with Crippen molar-refractivity contribution in [3.63, 3.8) is 0 Å². The number of thiophene rings is 1. The molecule has 84 valence electrons. The average molecular weight is 253 g/mol. The van der Waals surface area contributed by atoms with Crippen LogP contribution in [0.2, 0.25) is 0 Å². The van der Waals surface area contributed by atoms with Gasteiger partial charge in [0.2, 0.25) is 0 Å². The third-order valence-electron chi connectivity index (χ3n) is 2.05. The zero-order chi connectivity index (χ0) is 11.4. The molecule has 0 fully saturated rings. The molecule has 0 spiro atoms. The molecular weight excluding hydrogens is 241 g/mol. The maximum atomic E-state index is 11.9. The first-order valence-corrected chi connectivity index (χ1v) is 7.61. The summed E-state index contributed by atoms with van der Waals surface area (Å²) >= 11 is 1.53. The van der Waals surface area contributed by atoms with E-state index < -0.39 is 7.52 Å². The Hall–Kier alpha value is -1.09. The van der Waals surface area contributed by atoms with E-state index in [-0.39, 0.29) is 6.16 Å². The summed E-state index contributed by atoms with van der Waals surface area (Å²) in [5.74, 6) is 0. The number of benzene rings is 1. The lowest BCUT2D eigenvalue weighted by Gasteiger charge is -2.13. The molecule has 1 heterocycles. The molecule has 2 aromatic rings. The fourth-order valence-electron chi connectivity index (χ4n) is 1.38. The molecule has 1 atom stereocenters. The quantitative estimate of drug-likeness (QED) is 0.819. The van der Waals surface area contributed by atoms with Crippen molar-refractivity contribution in [3.8, 4) is 0 Å². The van der Waals surface area contributed by atoms with Crippen molar-refractivity contribution >= 4 is 24.5 Å². The molecule has 0 saturated carbocycles. The minimum atomic E-state index is -3.35. The van der Waals surface area contributed by atoms with Gasteiger partial charge in [-0.25, -0.2) is 0 Å². The zero-order valence-electron chi connectivity index (χ0n) is 8.54. The van der Waals surface area contributed by atoms with Crippen LogP contribution in [0.15, 0.2) is 47.2 Å². The van der Waals surface area contributed by atoms with Crippen molar-refractivity contribution in [1.29, 1.82) is 0 Å². The second-order valence-corrected chi connectivity index (χ2v) is 6.19. The number of anilines is 1. The third-order valence-corrected chi connectivity index (χ3v) is 4.19. The summed E-state index contributed by atoms with van der Waals surface area (Å²) in [5.41, 5.74) is 1.56. The lowest BCUT2D eigenvalue weighted by atomic mass is 10.3. The van der Waals surface area contributed by atoms with Crippen LogP contribution in [0, 0.1) is 0 Å². The highest BCUT2D eigenvalue weighted by molar-refractivity contribution is 7.58. The summed E-state index contributed by atoms with van der Waals surface area (Å²) < 4.78 is 11.9. The van der Waals surface area contributed by atoms with Gasteiger partial charge in [-0.3, -0.25) is 4.57 Å². The zero-order valence-corrected chi connectivity index (χ0v) is 10.2. The molecule has 0 radical (unpaired) electrons. The van der Waals surface area contributed by atoms with Gasteiger partial charge in [-0.1, -0.05) is 18.2 Å². The van der Waals surface area contributed by atoms with Gasteiger partial charge >= 0.3 is 0 Å². The largest absolute Gasteiger partial charge is 0.329 e. The summed E-state index contributed by atoms with van der Waals surface area (Å²) in [6.45, 7) is 0. The minimum Gasteiger partial charge on any atom is -0.329 e. The first kappa shape index (κ1) is 11.4. The highest BCUT2D eigenvalue weighted by Crippen LogP contribution is 2.44. The van der Waals surface area contributed by atoms with Gasteiger partial charge in [-0.05, 0) is 34.5 Å². The topological polar surface area (TPSA) is 49.3 Å². The Morgan fingerprint density at radius 2 is 2.00 bits per heavy atom. The Bertz CT molecular complexity index is 484. The maximum absolute atomic E-state index is 11.9. The van der Waals surface area contributed by atoms with E-state index >= 15 is 0 Å². The summed E-state index contributed by atoms with van der Waals surface area (Å²) in [5, 5.41) is 6.46. The van der Waals surface area contributed by atoms with Gasteiger partial charge < -0.3 is 9.98 Å². The number of hydrogen-bond acceptors (Lipinski definition) is 2. The second kappa shape index (κ2) is 4.83. The highest BCUT2D eigenvalue weighted by atomic mass is 32.1. The standard InChI is InChI=1S/C11H12NO2PS/c13-15(14,8-10-6-7-16-9-10)12-11-4-2-1-3-5-11/h1-7,9H,8H2,(H2,12,13,14). The van der Waals surface area contributed by atoms with Crippen molar-refractivity contribution in [2.24, 2.45) is 0 Å². The van der Waals surface area contributed by atoms with Crippen molar-refractivity contribution in [2.45, 2.75) is 6.16 Å². The predicted molar refractivity (Wildman–Crippen MR) is 67.9 cm³/mol. The Morgan fingerprint density at radius 3 is 2.62 bits per heavy atom. The SMILES string of the molecule is O=P(O)(Cc1ccsc1)Nc1ccccc1. The minimum absolute atomic E-state index is 0.158. The van der Waals surface area contributed by atoms with Gasteiger partial charge in [0.25, 0.3) is 7.52 Å². The van der Waals surface area contributed by atoms with Crippen molar-refractivity contribution in [2.75, 3.05) is 5.09 Å². The Kier molecular flexibility index (Phi) is 3.44. The molecule has 16 heavy (non-hydrogen) atoms. The van der Waals surface area contributed by atoms with Crippen LogP contribution in [0.25, 0.3) is 0 Å². The van der Waals surface area contributed by atoms with Gasteiger partial charge in [0.1, 0.15) is 0 Å². The summed E-state index contributed by atoms with van der Waals surface area (Å²) in [7, 11) is -3.35. The van der Waals surface area contributed by atoms with Gasteiger partial charge in [0, 0.05) is 5.69 Å². The van der Waals surface area contributed by atoms with E-state index in [1.165, 1.54) is 11.3 Å². The second-order valence-electron chi connectivity index (χ2n) is 3.47. The molecule has 1 aromatic carbocycles. The van der Waals surface area contributed by atoms with Crippen molar-refractivity contribution < 1.29 is 9.46 Å². The lowest BCUT2D eigenvalue weighted by molar-refractivity contribution is 0.483. The lowest BCUT2D eigenvalue weighted by Crippen LogP contribution is -1.98. The van der Waals surface area contributed by atoms with Crippen LogP contribution >= 0.6 is 18.9 Å². The summed E-state index contributed by atoms with van der Waals surface area (Å²) in [6, 6.07) is 10.9. The molecule has 0 aliphatic carbocycles. The van der Waals surface area contributed by atoms with E-state index in [1.807, 2.05) is 35.0 Å². The fraction of sp³-hybridized carbons (Fsp3) is 0.0909. The molecule has 3 nitrogen and oxygen atoms in total. The molecule has 2 rings (SSSR count). The highest BCUT2D eigenvalue weighted by Gasteiger charge is 2.18. The van der Waals surface area contributed by atoms with Gasteiger partial charge in [0.05, 0.1) is 6.16 Å². The fourth-order valence-corrected chi connectivity index (χ4v) is 3.50. The van der Waals surface area contributed by atoms with E-state index in [1.54, 1.807) is 12.1 Å². The van der Waals surface area contributed by atoms with E-state index in [4.69, 9.17) is 0 Å². The van der Waals surface area contributed by atoms with E-state index in [0.29, 0.717) is 5.69 Å². The number of nitrogens with one attached hydrogen (secondary N) is 1. The van der Waals surface area contributed by atoms with Crippen LogP contribution in [0.1, 0.15) is 5.56 Å². The van der Waals surface area contributed by atoms with Crippen LogP contribution in [-0.2, 0) is 10.7 Å². The Morgan fingerprint density at radius 1 is 1.25 bits per heavy atom. The van der Waals surface area contributed by atoms with Crippen molar-refractivity contribution in [3.05, 3.63) is 52.7 Å². The maximum Gasteiger partial charge on any atom is 0.295 e. The predicted octanol–water partition coefficient (Wildman–Crippen LogP) is 3.55. The van der Waals surface area contributed by atoms with E-state index in [2.05, 4.69) is 5.09 Å². The van der Waals surface area contributed by atoms with E-state index in [9.17, 15) is 9.46 Å². The number of para-hydroxylation sites is 1.